The number of rotatable bonds is 0. The summed E-state index contributed by atoms with van der Waals surface area (Å²) in [5.74, 6) is 0.395. The summed E-state index contributed by atoms with van der Waals surface area (Å²) in [6, 6.07) is 15.6. The highest BCUT2D eigenvalue weighted by molar-refractivity contribution is 5.97. The van der Waals surface area contributed by atoms with Gasteiger partial charge in [0, 0.05) is 0 Å². The second-order valence-electron chi connectivity index (χ2n) is 4.94. The Balaban J connectivity index is 1.97. The van der Waals surface area contributed by atoms with Gasteiger partial charge >= 0.3 is 0 Å². The summed E-state index contributed by atoms with van der Waals surface area (Å²) in [6.07, 6.45) is 0. The van der Waals surface area contributed by atoms with Crippen molar-refractivity contribution in [1.82, 2.24) is 0 Å². The van der Waals surface area contributed by atoms with Gasteiger partial charge in [-0.3, -0.25) is 10.2 Å². The third-order valence-corrected chi connectivity index (χ3v) is 3.16. The maximum Gasteiger partial charge on any atom is 0.270 e. The molecule has 2 aromatic carbocycles. The van der Waals surface area contributed by atoms with Gasteiger partial charge in [-0.05, 0) is 24.3 Å². The van der Waals surface area contributed by atoms with Gasteiger partial charge in [0.2, 0.25) is 5.78 Å². The largest absolute Gasteiger partial charge is 0.483 e. The number of Topliss-reactive ketones (excluding diaryl/α,β-unsaturated/α-hetero) is 1. The molecule has 0 bridgehead atoms. The molecule has 1 aliphatic heterocycles. The molecule has 124 valence electrons. The van der Waals surface area contributed by atoms with Crippen LogP contribution in [0, 0.1) is 11.3 Å². The van der Waals surface area contributed by atoms with Crippen LogP contribution in [0.4, 0.5) is 11.4 Å². The minimum Gasteiger partial charge on any atom is -0.483 e. The van der Waals surface area contributed by atoms with Gasteiger partial charge in [-0.2, -0.15) is 5.26 Å². The van der Waals surface area contributed by atoms with Gasteiger partial charge in [-0.1, -0.05) is 24.3 Å². The van der Waals surface area contributed by atoms with Crippen LogP contribution in [0.1, 0.15) is 0 Å². The van der Waals surface area contributed by atoms with E-state index in [2.05, 4.69) is 20.8 Å². The van der Waals surface area contributed by atoms with Crippen LogP contribution >= 0.6 is 0 Å². The molecule has 1 aliphatic rings. The zero-order chi connectivity index (χ0) is 17.5. The molecule has 0 amide bonds. The number of fused-ring (bicyclic) bond motifs is 2. The molecule has 0 saturated heterocycles. The lowest BCUT2D eigenvalue weighted by Gasteiger charge is -2.12. The lowest BCUT2D eigenvalue weighted by Crippen LogP contribution is -2.19. The van der Waals surface area contributed by atoms with E-state index in [4.69, 9.17) is 14.7 Å². The van der Waals surface area contributed by atoms with Crippen molar-refractivity contribution in [2.45, 2.75) is 0 Å². The number of nitriles is 1. The second kappa shape index (κ2) is 7.70. The van der Waals surface area contributed by atoms with E-state index in [1.165, 1.54) is 0 Å². The molecule has 0 fully saturated rings. The molecule has 0 atom stereocenters. The smallest absolute Gasteiger partial charge is 0.270 e. The number of hydrogen-bond donors (Lipinski definition) is 1. The number of hydrogen-bond acceptors (Lipinski definition) is 8. The Labute approximate surface area is 143 Å². The van der Waals surface area contributed by atoms with E-state index in [0.717, 1.165) is 0 Å². The van der Waals surface area contributed by atoms with Crippen LogP contribution in [0.2, 0.25) is 0 Å². The van der Waals surface area contributed by atoms with E-state index < -0.39 is 0 Å². The predicted molar refractivity (Wildman–Crippen MR) is 90.1 cm³/mol. The molecule has 3 rings (SSSR count). The van der Waals surface area contributed by atoms with Crippen LogP contribution in [0.15, 0.2) is 63.9 Å². The number of carbonyl (C=O) groups excluding carboxylic acids is 1. The fourth-order valence-corrected chi connectivity index (χ4v) is 1.99. The van der Waals surface area contributed by atoms with Crippen molar-refractivity contribution in [3.05, 3.63) is 48.5 Å². The average Bonchev–Trinajstić information content (AvgIpc) is 2.65. The first-order valence-electron chi connectivity index (χ1n) is 7.37. The maximum atomic E-state index is 12.0. The Morgan fingerprint density at radius 2 is 1.64 bits per heavy atom. The molecule has 0 unspecified atom stereocenters. The van der Waals surface area contributed by atoms with E-state index in [9.17, 15) is 4.79 Å². The van der Waals surface area contributed by atoms with Crippen molar-refractivity contribution < 1.29 is 14.3 Å². The molecule has 0 aromatic heterocycles. The molecule has 0 saturated carbocycles. The Bertz CT molecular complexity index is 886. The van der Waals surface area contributed by atoms with Gasteiger partial charge in [0.25, 0.3) is 5.84 Å². The summed E-state index contributed by atoms with van der Waals surface area (Å²) in [5, 5.41) is 20.8. The normalized spacial score (nSPS) is 16.4. The first-order chi connectivity index (χ1) is 12.3. The van der Waals surface area contributed by atoms with Crippen LogP contribution in [0.3, 0.4) is 0 Å². The molecule has 0 spiro atoms. The molecule has 8 nitrogen and oxygen atoms in total. The van der Waals surface area contributed by atoms with Crippen molar-refractivity contribution in [2.75, 3.05) is 18.6 Å². The van der Waals surface area contributed by atoms with Crippen molar-refractivity contribution >= 4 is 23.0 Å². The Morgan fingerprint density at radius 3 is 2.44 bits per heavy atom. The number of amidine groups is 1. The molecule has 1 heterocycles. The van der Waals surface area contributed by atoms with Crippen molar-refractivity contribution in [3.8, 4) is 17.6 Å². The average molecular weight is 335 g/mol. The highest BCUT2D eigenvalue weighted by atomic mass is 16.5. The molecule has 0 radical (unpaired) electrons. The molecule has 8 heteroatoms. The topological polar surface area (TPSA) is 108 Å². The van der Waals surface area contributed by atoms with Crippen molar-refractivity contribution in [1.29, 1.82) is 5.26 Å². The predicted octanol–water partition coefficient (Wildman–Crippen LogP) is 3.06. The van der Waals surface area contributed by atoms with E-state index in [-0.39, 0.29) is 24.8 Å². The van der Waals surface area contributed by atoms with Gasteiger partial charge in [-0.15, -0.1) is 15.3 Å². The van der Waals surface area contributed by atoms with Gasteiger partial charge < -0.3 is 9.47 Å². The summed E-state index contributed by atoms with van der Waals surface area (Å²) in [6.45, 7) is -0.321. The summed E-state index contributed by atoms with van der Waals surface area (Å²) in [4.78, 5) is 12.0. The van der Waals surface area contributed by atoms with Crippen LogP contribution in [-0.4, -0.2) is 24.8 Å². The van der Waals surface area contributed by atoms with Gasteiger partial charge in [0.05, 0.1) is 5.69 Å². The summed E-state index contributed by atoms with van der Waals surface area (Å²) >= 11 is 0. The molecular weight excluding hydrogens is 322 g/mol. The fourth-order valence-electron chi connectivity index (χ4n) is 1.99. The number of ether oxygens (including phenoxy) is 2. The third kappa shape index (κ3) is 4.17. The molecular formula is C17H13N5O3. The number of anilines is 1. The molecule has 0 aliphatic carbocycles. The zero-order valence-corrected chi connectivity index (χ0v) is 13.0. The van der Waals surface area contributed by atoms with Gasteiger partial charge in [-0.25, -0.2) is 0 Å². The van der Waals surface area contributed by atoms with Gasteiger partial charge in [0.1, 0.15) is 23.3 Å². The number of ketones is 1. The van der Waals surface area contributed by atoms with E-state index >= 15 is 0 Å². The van der Waals surface area contributed by atoms with Crippen LogP contribution < -0.4 is 14.9 Å². The molecule has 1 N–H and O–H groups in total. The SMILES string of the molecule is N#C/C1=N/Nc2ccccc2OCC(=O)COc2ccccc2N=N1. The number of benzene rings is 2. The van der Waals surface area contributed by atoms with Crippen molar-refractivity contribution in [3.63, 3.8) is 0 Å². The second-order valence-corrected chi connectivity index (χ2v) is 4.94. The summed E-state index contributed by atoms with van der Waals surface area (Å²) in [7, 11) is 0. The van der Waals surface area contributed by atoms with E-state index in [1.807, 2.05) is 6.07 Å². The number of azo groups is 1. The number of nitrogens with one attached hydrogen (secondary N) is 1. The molecule has 25 heavy (non-hydrogen) atoms. The summed E-state index contributed by atoms with van der Waals surface area (Å²) < 4.78 is 11.0. The first kappa shape index (κ1) is 16.1. The quantitative estimate of drug-likeness (QED) is 0.796. The zero-order valence-electron chi connectivity index (χ0n) is 13.0. The Morgan fingerprint density at radius 1 is 0.960 bits per heavy atom. The number of nitrogens with zero attached hydrogens (tertiary/aromatic N) is 4. The third-order valence-electron chi connectivity index (χ3n) is 3.16. The first-order valence-corrected chi connectivity index (χ1v) is 7.37. The number of carbonyl (C=O) groups is 1. The molecule has 2 aromatic rings. The highest BCUT2D eigenvalue weighted by Gasteiger charge is 2.10. The fraction of sp³-hybridized carbons (Fsp3) is 0.118. The minimum absolute atomic E-state index is 0.156. The standard InChI is InChI=1S/C17H13N5O3/c18-9-17-21-19-13-5-1-3-7-15(13)24-10-12(23)11-25-16-8-4-2-6-14(16)20-22-17/h1-8,19H,10-11H2/b21-17-,22-20?. The Kier molecular flexibility index (Phi) is 4.97. The number of hydrazone groups is 1. The van der Waals surface area contributed by atoms with Crippen LogP contribution in [0.25, 0.3) is 0 Å². The van der Waals surface area contributed by atoms with E-state index in [1.54, 1.807) is 48.5 Å². The number of para-hydroxylation sites is 3. The van der Waals surface area contributed by atoms with E-state index in [0.29, 0.717) is 22.9 Å². The highest BCUT2D eigenvalue weighted by Crippen LogP contribution is 2.28. The van der Waals surface area contributed by atoms with Crippen LogP contribution in [-0.2, 0) is 4.79 Å². The monoisotopic (exact) mass is 335 g/mol. The maximum absolute atomic E-state index is 12.0. The van der Waals surface area contributed by atoms with Crippen LogP contribution in [0.5, 0.6) is 11.5 Å². The van der Waals surface area contributed by atoms with Gasteiger partial charge in [0.15, 0.2) is 13.2 Å². The van der Waals surface area contributed by atoms with Crippen molar-refractivity contribution in [2.24, 2.45) is 15.3 Å². The minimum atomic E-state index is -0.236. The Hall–Kier alpha value is -3.73. The lowest BCUT2D eigenvalue weighted by molar-refractivity contribution is -0.123. The summed E-state index contributed by atoms with van der Waals surface area (Å²) in [5.41, 5.74) is 3.58. The lowest BCUT2D eigenvalue weighted by atomic mass is 10.3.